The molecule has 0 unspecified atom stereocenters. The Morgan fingerprint density at radius 1 is 1.30 bits per heavy atom. The summed E-state index contributed by atoms with van der Waals surface area (Å²) < 4.78 is 1.47. The van der Waals surface area contributed by atoms with Gasteiger partial charge in [0.05, 0.1) is 0 Å². The van der Waals surface area contributed by atoms with Gasteiger partial charge in [0.25, 0.3) is 0 Å². The Labute approximate surface area is 87.4 Å². The van der Waals surface area contributed by atoms with Crippen molar-refractivity contribution in [2.24, 2.45) is 0 Å². The van der Waals surface area contributed by atoms with Gasteiger partial charge in [0.15, 0.2) is 0 Å². The first-order valence-electron chi connectivity index (χ1n) is 2.97. The average molecular weight is 216 g/mol. The van der Waals surface area contributed by atoms with Crippen molar-refractivity contribution < 1.29 is 20.4 Å². The minimum atomic E-state index is 0. The third kappa shape index (κ3) is 8.77. The van der Waals surface area contributed by atoms with Gasteiger partial charge in [-0.25, -0.2) is 0 Å². The molecule has 0 bridgehead atoms. The standard InChI is InChI=1S/C5H5.C2H6.2ClH.Ti/c1-2-4-5-3-1;1-2;;;/h1-3H,4H2;1-2H3;2*1H;. The summed E-state index contributed by atoms with van der Waals surface area (Å²) in [6.45, 7) is 4.00. The summed E-state index contributed by atoms with van der Waals surface area (Å²) in [6, 6.07) is 0. The summed E-state index contributed by atoms with van der Waals surface area (Å²) >= 11 is 2.14. The molecule has 0 aromatic heterocycles. The zero-order valence-corrected chi connectivity index (χ0v) is 9.45. The third-order valence-electron chi connectivity index (χ3n) is 0.771. The van der Waals surface area contributed by atoms with E-state index >= 15 is 0 Å². The molecule has 0 aliphatic heterocycles. The Bertz CT molecular complexity index is 108. The number of hydrogen-bond acceptors (Lipinski definition) is 0. The second-order valence-corrected chi connectivity index (χ2v) is 2.33. The molecule has 0 radical (unpaired) electrons. The van der Waals surface area contributed by atoms with E-state index in [0.717, 1.165) is 0 Å². The Balaban J connectivity index is -0.000000114. The normalized spacial score (nSPS) is 11.5. The van der Waals surface area contributed by atoms with E-state index in [9.17, 15) is 0 Å². The molecule has 1 aliphatic rings. The van der Waals surface area contributed by atoms with Crippen molar-refractivity contribution in [3.05, 3.63) is 22.1 Å². The molecule has 3 heteroatoms. The molecule has 1 aliphatic carbocycles. The van der Waals surface area contributed by atoms with E-state index < -0.39 is 0 Å². The van der Waals surface area contributed by atoms with Crippen LogP contribution in [0.2, 0.25) is 0 Å². The van der Waals surface area contributed by atoms with Gasteiger partial charge in [-0.05, 0) is 0 Å². The monoisotopic (exact) mass is 215 g/mol. The van der Waals surface area contributed by atoms with Crippen LogP contribution >= 0.6 is 24.8 Å². The molecule has 0 spiro atoms. The summed E-state index contributed by atoms with van der Waals surface area (Å²) in [5, 5.41) is 0. The van der Waals surface area contributed by atoms with Gasteiger partial charge in [-0.2, -0.15) is 0 Å². The maximum atomic E-state index is 2.16. The van der Waals surface area contributed by atoms with Crippen molar-refractivity contribution in [3.63, 3.8) is 0 Å². The van der Waals surface area contributed by atoms with Gasteiger partial charge in [-0.15, -0.1) is 24.8 Å². The van der Waals surface area contributed by atoms with Gasteiger partial charge in [-0.1, -0.05) is 13.8 Å². The van der Waals surface area contributed by atoms with Gasteiger partial charge in [0, 0.05) is 0 Å². The minimum absolute atomic E-state index is 0. The molecular weight excluding hydrogens is 203 g/mol. The van der Waals surface area contributed by atoms with E-state index in [1.165, 1.54) is 10.3 Å². The Kier molecular flexibility index (Phi) is 21.2. The molecule has 0 N–H and O–H groups in total. The van der Waals surface area contributed by atoms with Crippen LogP contribution in [0.4, 0.5) is 0 Å². The van der Waals surface area contributed by atoms with E-state index in [1.54, 1.807) is 0 Å². The van der Waals surface area contributed by atoms with Crippen LogP contribution in [0, 0.1) is 0 Å². The first-order valence-corrected chi connectivity index (χ1v) is 3.75. The van der Waals surface area contributed by atoms with E-state index in [4.69, 9.17) is 0 Å². The fraction of sp³-hybridized carbons (Fsp3) is 0.429. The second kappa shape index (κ2) is 12.5. The summed E-state index contributed by atoms with van der Waals surface area (Å²) in [4.78, 5) is 0. The maximum absolute atomic E-state index is 2.16. The van der Waals surface area contributed by atoms with E-state index in [0.29, 0.717) is 0 Å². The van der Waals surface area contributed by atoms with E-state index in [-0.39, 0.29) is 24.8 Å². The quantitative estimate of drug-likeness (QED) is 0.545. The predicted molar refractivity (Wildman–Crippen MR) is 47.7 cm³/mol. The van der Waals surface area contributed by atoms with Crippen molar-refractivity contribution in [2.45, 2.75) is 20.3 Å². The zero-order chi connectivity index (χ0) is 6.41. The Hall–Kier alpha value is 0.774. The molecule has 0 aromatic carbocycles. The molecule has 0 saturated heterocycles. The molecule has 59 valence electrons. The topological polar surface area (TPSA) is 0 Å². The summed E-state index contributed by atoms with van der Waals surface area (Å²) in [7, 11) is 0. The van der Waals surface area contributed by atoms with E-state index in [1.807, 2.05) is 13.8 Å². The van der Waals surface area contributed by atoms with Gasteiger partial charge in [0.2, 0.25) is 0 Å². The van der Waals surface area contributed by atoms with Crippen LogP contribution in [0.3, 0.4) is 0 Å². The fourth-order valence-electron chi connectivity index (χ4n) is 0.447. The van der Waals surface area contributed by atoms with Crippen LogP contribution in [0.1, 0.15) is 20.3 Å². The first-order chi connectivity index (χ1) is 3.89. The first kappa shape index (κ1) is 17.0. The molecule has 10 heavy (non-hydrogen) atoms. The average Bonchev–Trinajstić information content (AvgIpc) is 2.24. The number of allylic oxidation sites excluding steroid dienone is 4. The van der Waals surface area contributed by atoms with Crippen molar-refractivity contribution in [1.29, 1.82) is 0 Å². The predicted octanol–water partition coefficient (Wildman–Crippen LogP) is 3.25. The summed E-state index contributed by atoms with van der Waals surface area (Å²) in [6.07, 6.45) is 7.56. The van der Waals surface area contributed by atoms with Crippen molar-refractivity contribution >= 4 is 24.8 Å². The molecule has 0 amide bonds. The second-order valence-electron chi connectivity index (χ2n) is 1.32. The Morgan fingerprint density at radius 3 is 1.90 bits per heavy atom. The van der Waals surface area contributed by atoms with Crippen LogP contribution in [-0.2, 0) is 20.4 Å². The van der Waals surface area contributed by atoms with Crippen LogP contribution in [-0.4, -0.2) is 0 Å². The molecule has 0 nitrogen and oxygen atoms in total. The van der Waals surface area contributed by atoms with Gasteiger partial charge in [0.1, 0.15) is 0 Å². The van der Waals surface area contributed by atoms with Crippen LogP contribution < -0.4 is 0 Å². The number of rotatable bonds is 0. The molecule has 0 aromatic rings. The molecule has 0 saturated carbocycles. The van der Waals surface area contributed by atoms with Crippen LogP contribution in [0.15, 0.2) is 22.1 Å². The summed E-state index contributed by atoms with van der Waals surface area (Å²) in [5.74, 6) is 0. The van der Waals surface area contributed by atoms with Gasteiger partial charge < -0.3 is 0 Å². The Morgan fingerprint density at radius 2 is 1.80 bits per heavy atom. The molecule has 0 heterocycles. The molecule has 1 rings (SSSR count). The van der Waals surface area contributed by atoms with Crippen LogP contribution in [0.25, 0.3) is 0 Å². The third-order valence-corrected chi connectivity index (χ3v) is 1.35. The molecule has 0 atom stereocenters. The van der Waals surface area contributed by atoms with Crippen molar-refractivity contribution in [1.82, 2.24) is 0 Å². The molecule has 0 fully saturated rings. The molecular formula is C7H13Cl2Ti. The number of hydrogen-bond donors (Lipinski definition) is 0. The fourth-order valence-corrected chi connectivity index (χ4v) is 0.782. The van der Waals surface area contributed by atoms with Gasteiger partial charge in [-0.3, -0.25) is 0 Å². The SMILES string of the molecule is CC.Cl.Cl.[Ti][C]1=CC=CC1. The zero-order valence-electron chi connectivity index (χ0n) is 6.26. The van der Waals surface area contributed by atoms with E-state index in [2.05, 4.69) is 38.7 Å². The van der Waals surface area contributed by atoms with Gasteiger partial charge >= 0.3 is 49.0 Å². The summed E-state index contributed by atoms with van der Waals surface area (Å²) in [5.41, 5.74) is 0. The van der Waals surface area contributed by atoms with Crippen molar-refractivity contribution in [2.75, 3.05) is 0 Å². The van der Waals surface area contributed by atoms with Crippen LogP contribution in [0.5, 0.6) is 0 Å². The van der Waals surface area contributed by atoms with Crippen molar-refractivity contribution in [3.8, 4) is 0 Å². The number of halogens is 2.